The third-order valence-corrected chi connectivity index (χ3v) is 6.20. The van der Waals surface area contributed by atoms with E-state index in [0.29, 0.717) is 17.6 Å². The van der Waals surface area contributed by atoms with E-state index in [2.05, 4.69) is 4.90 Å². The van der Waals surface area contributed by atoms with Crippen molar-refractivity contribution < 1.29 is 13.2 Å². The molecule has 0 amide bonds. The normalized spacial score (nSPS) is 34.7. The van der Waals surface area contributed by atoms with Crippen LogP contribution >= 0.6 is 0 Å². The summed E-state index contributed by atoms with van der Waals surface area (Å²) in [6.07, 6.45) is 1.88. The summed E-state index contributed by atoms with van der Waals surface area (Å²) in [4.78, 5) is 7.16. The first-order valence-corrected chi connectivity index (χ1v) is 8.52. The van der Waals surface area contributed by atoms with Gasteiger partial charge in [0.1, 0.15) is 5.84 Å². The molecule has 2 saturated carbocycles. The van der Waals surface area contributed by atoms with Gasteiger partial charge in [0.2, 0.25) is 0 Å². The lowest BCUT2D eigenvalue weighted by molar-refractivity contribution is -0.137. The van der Waals surface area contributed by atoms with E-state index in [1.807, 2.05) is 0 Å². The minimum Gasteiger partial charge on any atom is -0.352 e. The Hall–Kier alpha value is -1.52. The number of alkyl halides is 3. The molecule has 4 bridgehead atoms. The zero-order chi connectivity index (χ0) is 15.8. The molecule has 2 nitrogen and oxygen atoms in total. The Balaban J connectivity index is 1.59. The van der Waals surface area contributed by atoms with Crippen LogP contribution in [0.25, 0.3) is 0 Å². The fourth-order valence-electron chi connectivity index (χ4n) is 5.35. The molecule has 5 heteroatoms. The van der Waals surface area contributed by atoms with Gasteiger partial charge in [-0.25, -0.2) is 4.99 Å². The summed E-state index contributed by atoms with van der Waals surface area (Å²) >= 11 is 0. The molecule has 23 heavy (non-hydrogen) atoms. The molecule has 0 spiro atoms. The maximum absolute atomic E-state index is 13.0. The lowest BCUT2D eigenvalue weighted by atomic mass is 9.68. The van der Waals surface area contributed by atoms with Crippen LogP contribution in [0.4, 0.5) is 18.9 Å². The van der Waals surface area contributed by atoms with Crippen LogP contribution in [0.3, 0.4) is 0 Å². The van der Waals surface area contributed by atoms with Crippen LogP contribution in [-0.4, -0.2) is 16.8 Å². The largest absolute Gasteiger partial charge is 0.416 e. The highest BCUT2D eigenvalue weighted by molar-refractivity contribution is 5.90. The van der Waals surface area contributed by atoms with Gasteiger partial charge in [-0.05, 0) is 61.6 Å². The maximum atomic E-state index is 13.0. The highest BCUT2D eigenvalue weighted by Gasteiger charge is 2.46. The van der Waals surface area contributed by atoms with Crippen LogP contribution in [0, 0.1) is 17.8 Å². The molecule has 2 aliphatic carbocycles. The first kappa shape index (κ1) is 13.9. The molecule has 1 aromatic carbocycles. The van der Waals surface area contributed by atoms with Crippen molar-refractivity contribution in [3.05, 3.63) is 29.3 Å². The van der Waals surface area contributed by atoms with E-state index in [-0.39, 0.29) is 0 Å². The Bertz CT molecular complexity index is 680. The van der Waals surface area contributed by atoms with Crippen LogP contribution in [0.15, 0.2) is 23.2 Å². The van der Waals surface area contributed by atoms with Crippen molar-refractivity contribution >= 4 is 11.5 Å². The molecule has 122 valence electrons. The Morgan fingerprint density at radius 3 is 2.43 bits per heavy atom. The molecular weight excluding hydrogens is 301 g/mol. The zero-order valence-corrected chi connectivity index (χ0v) is 12.8. The molecule has 1 aromatic rings. The second-order valence-corrected chi connectivity index (χ2v) is 7.70. The second-order valence-electron chi connectivity index (χ2n) is 7.70. The van der Waals surface area contributed by atoms with Crippen molar-refractivity contribution in [1.82, 2.24) is 4.90 Å². The van der Waals surface area contributed by atoms with Crippen LogP contribution in [-0.2, 0) is 12.7 Å². The molecule has 2 unspecified atom stereocenters. The van der Waals surface area contributed by atoms with Gasteiger partial charge in [-0.15, -0.1) is 0 Å². The molecule has 2 saturated heterocycles. The van der Waals surface area contributed by atoms with Gasteiger partial charge >= 0.3 is 6.18 Å². The van der Waals surface area contributed by atoms with Crippen LogP contribution < -0.4 is 0 Å². The quantitative estimate of drug-likeness (QED) is 0.673. The molecule has 5 aliphatic rings. The smallest absolute Gasteiger partial charge is 0.352 e. The van der Waals surface area contributed by atoms with E-state index in [0.717, 1.165) is 29.8 Å². The number of hydrogen-bond donors (Lipinski definition) is 0. The van der Waals surface area contributed by atoms with Crippen molar-refractivity contribution in [3.8, 4) is 0 Å². The molecule has 6 rings (SSSR count). The zero-order valence-electron chi connectivity index (χ0n) is 12.8. The first-order valence-electron chi connectivity index (χ1n) is 8.52. The Kier molecular flexibility index (Phi) is 2.73. The monoisotopic (exact) mass is 320 g/mol. The fourth-order valence-corrected chi connectivity index (χ4v) is 5.35. The van der Waals surface area contributed by atoms with E-state index in [1.54, 1.807) is 6.07 Å². The SMILES string of the molecule is FC(F)(F)c1ccc2c(c1)N=C1C3CC4CC(C3)CC(C4)N1C2. The predicted octanol–water partition coefficient (Wildman–Crippen LogP) is 4.76. The van der Waals surface area contributed by atoms with Crippen molar-refractivity contribution in [3.63, 3.8) is 0 Å². The average Bonchev–Trinajstić information content (AvgIpc) is 2.66. The molecule has 0 radical (unpaired) electrons. The summed E-state index contributed by atoms with van der Waals surface area (Å²) < 4.78 is 38.9. The summed E-state index contributed by atoms with van der Waals surface area (Å²) in [7, 11) is 0. The molecule has 3 aliphatic heterocycles. The van der Waals surface area contributed by atoms with Crippen molar-refractivity contribution in [2.75, 3.05) is 0 Å². The average molecular weight is 320 g/mol. The standard InChI is InChI=1S/C18H19F3N2/c19-18(20,21)14-2-1-12-9-23-15-6-10-3-11(7-15)5-13(4-10)17(23)22-16(12)8-14/h1-2,8,10-11,13,15H,3-7,9H2. The van der Waals surface area contributed by atoms with Crippen LogP contribution in [0.2, 0.25) is 0 Å². The molecular formula is C18H19F3N2. The van der Waals surface area contributed by atoms with Gasteiger partial charge in [0.25, 0.3) is 0 Å². The van der Waals surface area contributed by atoms with Gasteiger partial charge in [0, 0.05) is 18.5 Å². The molecule has 0 N–H and O–H groups in total. The number of fused-ring (bicyclic) bond motifs is 1. The second kappa shape index (κ2) is 4.52. The predicted molar refractivity (Wildman–Crippen MR) is 81.4 cm³/mol. The number of nitrogens with zero attached hydrogens (tertiary/aromatic N) is 2. The van der Waals surface area contributed by atoms with E-state index in [9.17, 15) is 13.2 Å². The first-order chi connectivity index (χ1) is 11.0. The lowest BCUT2D eigenvalue weighted by Gasteiger charge is -2.39. The third kappa shape index (κ3) is 2.12. The van der Waals surface area contributed by atoms with Gasteiger partial charge < -0.3 is 4.90 Å². The fraction of sp³-hybridized carbons (Fsp3) is 0.611. The molecule has 4 fully saturated rings. The summed E-state index contributed by atoms with van der Waals surface area (Å²) in [5, 5.41) is 0. The number of amidine groups is 1. The van der Waals surface area contributed by atoms with Crippen LogP contribution in [0.5, 0.6) is 0 Å². The Morgan fingerprint density at radius 1 is 1.00 bits per heavy atom. The van der Waals surface area contributed by atoms with Gasteiger partial charge in [-0.2, -0.15) is 13.2 Å². The van der Waals surface area contributed by atoms with Gasteiger partial charge in [-0.3, -0.25) is 0 Å². The van der Waals surface area contributed by atoms with E-state index in [4.69, 9.17) is 4.99 Å². The number of halogens is 3. The molecule has 2 atom stereocenters. The number of benzene rings is 1. The van der Waals surface area contributed by atoms with E-state index < -0.39 is 11.7 Å². The van der Waals surface area contributed by atoms with Crippen molar-refractivity contribution in [1.29, 1.82) is 0 Å². The Labute approximate surface area is 133 Å². The van der Waals surface area contributed by atoms with Crippen molar-refractivity contribution in [2.45, 2.75) is 50.9 Å². The topological polar surface area (TPSA) is 15.6 Å². The minimum atomic E-state index is -4.30. The molecule has 0 aromatic heterocycles. The lowest BCUT2D eigenvalue weighted by Crippen LogP contribution is -2.41. The van der Waals surface area contributed by atoms with Gasteiger partial charge in [0.05, 0.1) is 11.3 Å². The highest BCUT2D eigenvalue weighted by atomic mass is 19.4. The number of hydrogen-bond acceptors (Lipinski definition) is 2. The van der Waals surface area contributed by atoms with Gasteiger partial charge in [0.15, 0.2) is 0 Å². The van der Waals surface area contributed by atoms with Gasteiger partial charge in [-0.1, -0.05) is 6.07 Å². The summed E-state index contributed by atoms with van der Waals surface area (Å²) in [5.41, 5.74) is 0.878. The van der Waals surface area contributed by atoms with E-state index in [1.165, 1.54) is 44.2 Å². The maximum Gasteiger partial charge on any atom is 0.416 e. The Morgan fingerprint density at radius 2 is 1.74 bits per heavy atom. The van der Waals surface area contributed by atoms with Crippen molar-refractivity contribution in [2.24, 2.45) is 22.7 Å². The molecule has 3 heterocycles. The summed E-state index contributed by atoms with van der Waals surface area (Å²) in [5.74, 6) is 3.11. The summed E-state index contributed by atoms with van der Waals surface area (Å²) in [6, 6.07) is 4.59. The summed E-state index contributed by atoms with van der Waals surface area (Å²) in [6.45, 7) is 0.729. The van der Waals surface area contributed by atoms with E-state index >= 15 is 0 Å². The minimum absolute atomic E-state index is 0.453. The third-order valence-electron chi connectivity index (χ3n) is 6.20. The highest BCUT2D eigenvalue weighted by Crippen LogP contribution is 2.50. The number of rotatable bonds is 0. The number of aliphatic imine (C=N–C) groups is 1. The van der Waals surface area contributed by atoms with Crippen LogP contribution in [0.1, 0.15) is 43.2 Å².